The van der Waals surface area contributed by atoms with Crippen LogP contribution in [0.4, 0.5) is 0 Å². The molecular weight excluding hydrogens is 510 g/mol. The minimum atomic E-state index is 0.606. The van der Waals surface area contributed by atoms with Crippen LogP contribution in [0, 0.1) is 6.92 Å². The molecule has 5 aromatic rings. The molecule has 0 fully saturated rings. The number of benzene rings is 3. The molecule has 0 radical (unpaired) electrons. The minimum Gasteiger partial charge on any atom is -0.493 e. The van der Waals surface area contributed by atoms with Gasteiger partial charge in [0.25, 0.3) is 0 Å². The quantitative estimate of drug-likeness (QED) is 0.253. The van der Waals surface area contributed by atoms with Gasteiger partial charge in [0.05, 0.1) is 50.9 Å². The third-order valence-corrected chi connectivity index (χ3v) is 6.69. The van der Waals surface area contributed by atoms with Gasteiger partial charge in [-0.2, -0.15) is 5.10 Å². The lowest BCUT2D eigenvalue weighted by Gasteiger charge is -2.16. The highest BCUT2D eigenvalue weighted by atomic mass is 79.9. The lowest BCUT2D eigenvalue weighted by molar-refractivity contribution is 0.355. The zero-order valence-electron chi connectivity index (χ0n) is 20.0. The fraction of sp³-hybridized carbons (Fsp3) is 0.185. The molecule has 2 heterocycles. The molecule has 0 atom stereocenters. The number of ether oxygens (including phenoxy) is 4. The van der Waals surface area contributed by atoms with Crippen molar-refractivity contribution in [1.29, 1.82) is 0 Å². The zero-order valence-corrected chi connectivity index (χ0v) is 21.6. The van der Waals surface area contributed by atoms with Crippen LogP contribution < -0.4 is 18.9 Å². The van der Waals surface area contributed by atoms with Gasteiger partial charge in [-0.25, -0.2) is 9.67 Å². The first-order chi connectivity index (χ1) is 17.0. The van der Waals surface area contributed by atoms with Crippen LogP contribution in [0.1, 0.15) is 5.69 Å². The predicted molar refractivity (Wildman–Crippen MR) is 140 cm³/mol. The molecule has 2 aromatic heterocycles. The van der Waals surface area contributed by atoms with Crippen LogP contribution in [-0.4, -0.2) is 43.2 Å². The van der Waals surface area contributed by atoms with Crippen LogP contribution in [0.25, 0.3) is 38.8 Å². The Morgan fingerprint density at radius 2 is 1.31 bits per heavy atom. The molecule has 0 bridgehead atoms. The summed E-state index contributed by atoms with van der Waals surface area (Å²) >= 11 is 3.72. The van der Waals surface area contributed by atoms with E-state index in [1.165, 1.54) is 0 Å². The van der Waals surface area contributed by atoms with Crippen molar-refractivity contribution >= 4 is 37.7 Å². The third kappa shape index (κ3) is 3.74. The van der Waals surface area contributed by atoms with Gasteiger partial charge in [-0.15, -0.1) is 0 Å². The summed E-state index contributed by atoms with van der Waals surface area (Å²) < 4.78 is 25.1. The van der Waals surface area contributed by atoms with E-state index in [-0.39, 0.29) is 0 Å². The first kappa shape index (κ1) is 23.0. The Kier molecular flexibility index (Phi) is 5.98. The number of hydrogen-bond donors (Lipinski definition) is 0. The molecule has 0 amide bonds. The fourth-order valence-electron chi connectivity index (χ4n) is 4.37. The van der Waals surface area contributed by atoms with Crippen molar-refractivity contribution in [3.63, 3.8) is 0 Å². The van der Waals surface area contributed by atoms with Gasteiger partial charge in [-0.3, -0.25) is 0 Å². The van der Waals surface area contributed by atoms with E-state index in [4.69, 9.17) is 29.0 Å². The highest BCUT2D eigenvalue weighted by Gasteiger charge is 2.22. The van der Waals surface area contributed by atoms with Gasteiger partial charge in [-0.05, 0) is 59.3 Å². The molecule has 5 rings (SSSR count). The first-order valence-electron chi connectivity index (χ1n) is 10.9. The van der Waals surface area contributed by atoms with E-state index in [9.17, 15) is 0 Å². The second kappa shape index (κ2) is 9.11. The molecule has 0 aliphatic carbocycles. The summed E-state index contributed by atoms with van der Waals surface area (Å²) in [5, 5.41) is 7.67. The monoisotopic (exact) mass is 533 g/mol. The Morgan fingerprint density at radius 3 is 1.94 bits per heavy atom. The predicted octanol–water partition coefficient (Wildman–Crippen LogP) is 6.35. The van der Waals surface area contributed by atoms with E-state index < -0.39 is 0 Å². The first-order valence-corrected chi connectivity index (χ1v) is 11.7. The second-order valence-electron chi connectivity index (χ2n) is 7.93. The number of para-hydroxylation sites is 1. The maximum absolute atomic E-state index is 5.64. The summed E-state index contributed by atoms with van der Waals surface area (Å²) in [6.07, 6.45) is 0. The summed E-state index contributed by atoms with van der Waals surface area (Å²) in [4.78, 5) is 5.17. The highest BCUT2D eigenvalue weighted by molar-refractivity contribution is 9.10. The molecule has 0 spiro atoms. The van der Waals surface area contributed by atoms with Gasteiger partial charge < -0.3 is 18.9 Å². The Balaban J connectivity index is 1.95. The van der Waals surface area contributed by atoms with Gasteiger partial charge >= 0.3 is 0 Å². The van der Waals surface area contributed by atoms with Crippen LogP contribution in [0.3, 0.4) is 0 Å². The second-order valence-corrected chi connectivity index (χ2v) is 8.79. The molecule has 3 aromatic carbocycles. The molecule has 0 aliphatic heterocycles. The van der Waals surface area contributed by atoms with E-state index >= 15 is 0 Å². The van der Waals surface area contributed by atoms with E-state index in [0.29, 0.717) is 23.0 Å². The molecule has 35 heavy (non-hydrogen) atoms. The van der Waals surface area contributed by atoms with Gasteiger partial charge in [0.15, 0.2) is 28.6 Å². The normalized spacial score (nSPS) is 11.1. The maximum Gasteiger partial charge on any atom is 0.164 e. The van der Waals surface area contributed by atoms with Crippen LogP contribution in [0.15, 0.2) is 59.1 Å². The molecule has 0 saturated heterocycles. The largest absolute Gasteiger partial charge is 0.493 e. The van der Waals surface area contributed by atoms with Crippen molar-refractivity contribution in [3.05, 3.63) is 64.8 Å². The molecule has 178 valence electrons. The number of nitrogens with zero attached hydrogens (tertiary/aromatic N) is 3. The minimum absolute atomic E-state index is 0.606. The molecule has 0 unspecified atom stereocenters. The molecule has 7 nitrogen and oxygen atoms in total. The molecular formula is C27H24BrN3O4. The smallest absolute Gasteiger partial charge is 0.164 e. The van der Waals surface area contributed by atoms with Crippen molar-refractivity contribution in [2.75, 3.05) is 28.4 Å². The lowest BCUT2D eigenvalue weighted by atomic mass is 10.00. The van der Waals surface area contributed by atoms with Crippen molar-refractivity contribution in [2.45, 2.75) is 6.92 Å². The van der Waals surface area contributed by atoms with E-state index in [1.807, 2.05) is 66.2 Å². The SMILES string of the molecule is COc1cc(Br)c(-c2nc3c(c(C)nn3-c3ccccc3)c3cc(OC)c(OC)cc23)cc1OC. The average Bonchev–Trinajstić information content (AvgIpc) is 3.23. The Bertz CT molecular complexity index is 1560. The summed E-state index contributed by atoms with van der Waals surface area (Å²) in [5.41, 5.74) is 4.13. The highest BCUT2D eigenvalue weighted by Crippen LogP contribution is 2.44. The Labute approximate surface area is 211 Å². The maximum atomic E-state index is 5.64. The number of halogens is 1. The average molecular weight is 534 g/mol. The standard InChI is InChI=1S/C27H24BrN3O4/c1-15-25-17-11-21(32-2)22(33-3)12-18(17)26(19-13-23(34-4)24(35-5)14-20(19)28)29-27(25)31(30-15)16-9-7-6-8-10-16/h6-14H,1-5H3. The lowest BCUT2D eigenvalue weighted by Crippen LogP contribution is -2.00. The molecule has 0 N–H and O–H groups in total. The summed E-state index contributed by atoms with van der Waals surface area (Å²) in [5.74, 6) is 2.48. The van der Waals surface area contributed by atoms with E-state index in [2.05, 4.69) is 15.9 Å². The van der Waals surface area contributed by atoms with Crippen LogP contribution in [0.5, 0.6) is 23.0 Å². The summed E-state index contributed by atoms with van der Waals surface area (Å²) in [6, 6.07) is 17.7. The van der Waals surface area contributed by atoms with Crippen molar-refractivity contribution < 1.29 is 18.9 Å². The Morgan fingerprint density at radius 1 is 0.743 bits per heavy atom. The van der Waals surface area contributed by atoms with Gasteiger partial charge in [-0.1, -0.05) is 18.2 Å². The molecule has 0 aliphatic rings. The van der Waals surface area contributed by atoms with Gasteiger partial charge in [0, 0.05) is 20.8 Å². The number of pyridine rings is 1. The number of hydrogen-bond acceptors (Lipinski definition) is 6. The van der Waals surface area contributed by atoms with Crippen molar-refractivity contribution in [3.8, 4) is 39.9 Å². The van der Waals surface area contributed by atoms with E-state index in [0.717, 1.165) is 48.9 Å². The molecule has 0 saturated carbocycles. The number of fused-ring (bicyclic) bond motifs is 3. The fourth-order valence-corrected chi connectivity index (χ4v) is 4.88. The number of aryl methyl sites for hydroxylation is 1. The van der Waals surface area contributed by atoms with Crippen molar-refractivity contribution in [1.82, 2.24) is 14.8 Å². The van der Waals surface area contributed by atoms with Crippen LogP contribution >= 0.6 is 15.9 Å². The van der Waals surface area contributed by atoms with Crippen LogP contribution in [-0.2, 0) is 0 Å². The number of rotatable bonds is 6. The van der Waals surface area contributed by atoms with Crippen LogP contribution in [0.2, 0.25) is 0 Å². The van der Waals surface area contributed by atoms with Crippen molar-refractivity contribution in [2.24, 2.45) is 0 Å². The zero-order chi connectivity index (χ0) is 24.7. The van der Waals surface area contributed by atoms with Gasteiger partial charge in [0.2, 0.25) is 0 Å². The van der Waals surface area contributed by atoms with E-state index in [1.54, 1.807) is 28.4 Å². The Hall–Kier alpha value is -3.78. The molecule has 8 heteroatoms. The van der Waals surface area contributed by atoms with Gasteiger partial charge in [0.1, 0.15) is 0 Å². The third-order valence-electron chi connectivity index (χ3n) is 6.03. The summed E-state index contributed by atoms with van der Waals surface area (Å²) in [6.45, 7) is 1.99. The summed E-state index contributed by atoms with van der Waals surface area (Å²) in [7, 11) is 6.49. The number of methoxy groups -OCH3 is 4. The number of aromatic nitrogens is 3. The topological polar surface area (TPSA) is 67.6 Å².